The third-order valence-corrected chi connectivity index (χ3v) is 8.50. The molecule has 4 unspecified atom stereocenters. The van der Waals surface area contributed by atoms with Gasteiger partial charge in [0.25, 0.3) is 0 Å². The minimum atomic E-state index is -1.54. The van der Waals surface area contributed by atoms with Crippen molar-refractivity contribution in [1.82, 2.24) is 4.98 Å². The Hall–Kier alpha value is -0.743. The summed E-state index contributed by atoms with van der Waals surface area (Å²) in [5, 5.41) is 0. The molecule has 3 rings (SSSR count). The van der Waals surface area contributed by atoms with Gasteiger partial charge >= 0.3 is 0 Å². The first-order valence-corrected chi connectivity index (χ1v) is 9.91. The summed E-state index contributed by atoms with van der Waals surface area (Å²) in [5.74, 6) is 3.20. The summed E-state index contributed by atoms with van der Waals surface area (Å²) in [6.07, 6.45) is 5.25. The van der Waals surface area contributed by atoms with Crippen molar-refractivity contribution in [2.45, 2.75) is 44.7 Å². The number of hydrogen-bond donors (Lipinski definition) is 1. The molecule has 0 saturated heterocycles. The number of nitrogens with one attached hydrogen (secondary N) is 1. The van der Waals surface area contributed by atoms with E-state index in [2.05, 4.69) is 51.1 Å². The van der Waals surface area contributed by atoms with E-state index in [0.717, 1.165) is 11.5 Å². The van der Waals surface area contributed by atoms with E-state index < -0.39 is 8.24 Å². The summed E-state index contributed by atoms with van der Waals surface area (Å²) < 4.78 is 12.2. The Morgan fingerprint density at radius 1 is 1.00 bits per heavy atom. The van der Waals surface area contributed by atoms with Crippen molar-refractivity contribution in [3.8, 4) is 0 Å². The van der Waals surface area contributed by atoms with E-state index in [-0.39, 0.29) is 0 Å². The van der Waals surface area contributed by atoms with Gasteiger partial charge in [-0.25, -0.2) is 0 Å². The quantitative estimate of drug-likeness (QED) is 0.779. The van der Waals surface area contributed by atoms with E-state index in [0.29, 0.717) is 29.6 Å². The highest BCUT2D eigenvalue weighted by Crippen LogP contribution is 2.55. The minimum Gasteiger partial charge on any atom is -0.495 e. The number of hydrogen-bond acceptors (Lipinski definition) is 3. The van der Waals surface area contributed by atoms with Crippen molar-refractivity contribution in [3.63, 3.8) is 0 Å². The molecule has 2 heterocycles. The zero-order chi connectivity index (χ0) is 13.1. The SMILES string of the molecule is CN[Si](C)(C)C1C2OC(C)=CC2C2C=C(C)OC21. The lowest BCUT2D eigenvalue weighted by molar-refractivity contribution is 0.0883. The van der Waals surface area contributed by atoms with Gasteiger partial charge in [-0.3, -0.25) is 0 Å². The third kappa shape index (κ3) is 1.58. The molecule has 18 heavy (non-hydrogen) atoms. The van der Waals surface area contributed by atoms with E-state index in [1.54, 1.807) is 0 Å². The van der Waals surface area contributed by atoms with Gasteiger partial charge in [-0.2, -0.15) is 0 Å². The van der Waals surface area contributed by atoms with Crippen molar-refractivity contribution in [1.29, 1.82) is 0 Å². The fourth-order valence-electron chi connectivity index (χ4n) is 3.86. The van der Waals surface area contributed by atoms with E-state index >= 15 is 0 Å². The van der Waals surface area contributed by atoms with Crippen molar-refractivity contribution in [2.75, 3.05) is 7.05 Å². The first-order chi connectivity index (χ1) is 8.44. The van der Waals surface area contributed by atoms with Crippen LogP contribution in [0.2, 0.25) is 18.6 Å². The van der Waals surface area contributed by atoms with Gasteiger partial charge in [-0.05, 0) is 33.0 Å². The molecule has 0 radical (unpaired) electrons. The predicted octanol–water partition coefficient (Wildman–Crippen LogP) is 2.63. The molecular weight excluding hydrogens is 242 g/mol. The lowest BCUT2D eigenvalue weighted by Crippen LogP contribution is -2.53. The first-order valence-electron chi connectivity index (χ1n) is 6.83. The number of fused-ring (bicyclic) bond motifs is 3. The van der Waals surface area contributed by atoms with Crippen LogP contribution in [0.3, 0.4) is 0 Å². The van der Waals surface area contributed by atoms with Gasteiger partial charge in [0.2, 0.25) is 0 Å². The van der Waals surface area contributed by atoms with Crippen molar-refractivity contribution in [2.24, 2.45) is 11.8 Å². The van der Waals surface area contributed by atoms with Crippen LogP contribution in [-0.4, -0.2) is 27.5 Å². The third-order valence-electron chi connectivity index (χ3n) is 4.89. The van der Waals surface area contributed by atoms with Crippen LogP contribution in [0.4, 0.5) is 0 Å². The summed E-state index contributed by atoms with van der Waals surface area (Å²) in [4.78, 5) is 3.57. The molecule has 0 spiro atoms. The maximum absolute atomic E-state index is 6.10. The van der Waals surface area contributed by atoms with E-state index in [9.17, 15) is 0 Å². The maximum Gasteiger partial charge on any atom is 0.130 e. The van der Waals surface area contributed by atoms with Crippen LogP contribution in [0.5, 0.6) is 0 Å². The molecule has 1 saturated carbocycles. The predicted molar refractivity (Wildman–Crippen MR) is 74.5 cm³/mol. The Balaban J connectivity index is 1.97. The smallest absolute Gasteiger partial charge is 0.130 e. The van der Waals surface area contributed by atoms with Gasteiger partial charge < -0.3 is 14.5 Å². The molecule has 0 aromatic rings. The van der Waals surface area contributed by atoms with E-state index in [1.807, 2.05) is 0 Å². The average molecular weight is 265 g/mol. The standard InChI is InChI=1S/C14H23NO2Si/c1-8-6-10-11-7-9(2)17-13(11)14(12(10)16-8)18(4,5)15-3/h6-7,10-15H,1-5H3. The molecule has 3 aliphatic rings. The molecule has 4 heteroatoms. The first kappa shape index (κ1) is 12.3. The summed E-state index contributed by atoms with van der Waals surface area (Å²) in [6, 6.07) is 0. The van der Waals surface area contributed by atoms with Crippen LogP contribution in [0, 0.1) is 11.8 Å². The second kappa shape index (κ2) is 3.87. The van der Waals surface area contributed by atoms with E-state index in [4.69, 9.17) is 9.47 Å². The van der Waals surface area contributed by atoms with Crippen LogP contribution >= 0.6 is 0 Å². The van der Waals surface area contributed by atoms with Gasteiger partial charge in [0.1, 0.15) is 20.4 Å². The van der Waals surface area contributed by atoms with Crippen LogP contribution in [0.15, 0.2) is 23.7 Å². The van der Waals surface area contributed by atoms with Crippen LogP contribution in [0.1, 0.15) is 13.8 Å². The lowest BCUT2D eigenvalue weighted by Gasteiger charge is -2.36. The Labute approximate surface area is 110 Å². The average Bonchev–Trinajstić information content (AvgIpc) is 2.88. The van der Waals surface area contributed by atoms with Gasteiger partial charge in [-0.1, -0.05) is 13.1 Å². The number of allylic oxidation sites excluding steroid dienone is 2. The summed E-state index contributed by atoms with van der Waals surface area (Å²) >= 11 is 0. The largest absolute Gasteiger partial charge is 0.495 e. The van der Waals surface area contributed by atoms with E-state index in [1.165, 1.54) is 0 Å². The molecule has 0 bridgehead atoms. The molecule has 4 atom stereocenters. The molecule has 100 valence electrons. The van der Waals surface area contributed by atoms with Gasteiger partial charge in [0.15, 0.2) is 0 Å². The molecule has 0 aromatic carbocycles. The second-order valence-corrected chi connectivity index (χ2v) is 11.0. The number of rotatable bonds is 2. The van der Waals surface area contributed by atoms with Crippen molar-refractivity contribution < 1.29 is 9.47 Å². The van der Waals surface area contributed by atoms with Crippen molar-refractivity contribution >= 4 is 8.24 Å². The zero-order valence-electron chi connectivity index (χ0n) is 11.9. The van der Waals surface area contributed by atoms with Crippen LogP contribution in [-0.2, 0) is 9.47 Å². The summed E-state index contributed by atoms with van der Waals surface area (Å²) in [5.41, 5.74) is 0.514. The summed E-state index contributed by atoms with van der Waals surface area (Å²) in [6.45, 7) is 8.91. The summed E-state index contributed by atoms with van der Waals surface area (Å²) in [7, 11) is 0.541. The normalized spacial score (nSPS) is 41.7. The molecule has 0 aromatic heterocycles. The molecule has 0 amide bonds. The topological polar surface area (TPSA) is 30.5 Å². The zero-order valence-corrected chi connectivity index (χ0v) is 12.9. The highest BCUT2D eigenvalue weighted by molar-refractivity contribution is 6.76. The molecule has 1 N–H and O–H groups in total. The van der Waals surface area contributed by atoms with Gasteiger partial charge in [-0.15, -0.1) is 0 Å². The molecule has 2 aliphatic heterocycles. The molecule has 3 nitrogen and oxygen atoms in total. The Morgan fingerprint density at radius 3 is 1.83 bits per heavy atom. The minimum absolute atomic E-state index is 0.318. The van der Waals surface area contributed by atoms with Crippen LogP contribution < -0.4 is 4.98 Å². The van der Waals surface area contributed by atoms with Gasteiger partial charge in [0, 0.05) is 17.4 Å². The monoisotopic (exact) mass is 265 g/mol. The fourth-order valence-corrected chi connectivity index (χ4v) is 6.41. The fraction of sp³-hybridized carbons (Fsp3) is 0.714. The highest BCUT2D eigenvalue weighted by atomic mass is 28.3. The lowest BCUT2D eigenvalue weighted by atomic mass is 9.95. The Morgan fingerprint density at radius 2 is 1.44 bits per heavy atom. The molecular formula is C14H23NO2Si. The van der Waals surface area contributed by atoms with Gasteiger partial charge in [0.05, 0.1) is 11.5 Å². The highest BCUT2D eigenvalue weighted by Gasteiger charge is 2.60. The Kier molecular flexibility index (Phi) is 2.65. The second-order valence-electron chi connectivity index (χ2n) is 6.37. The molecule has 1 aliphatic carbocycles. The Bertz CT molecular complexity index is 398. The van der Waals surface area contributed by atoms with Crippen molar-refractivity contribution in [3.05, 3.63) is 23.7 Å². The number of ether oxygens (including phenoxy) is 2. The maximum atomic E-state index is 6.10. The molecule has 1 fully saturated rings. The van der Waals surface area contributed by atoms with Crippen LogP contribution in [0.25, 0.3) is 0 Å².